The summed E-state index contributed by atoms with van der Waals surface area (Å²) >= 11 is 3.43. The Labute approximate surface area is 111 Å². The van der Waals surface area contributed by atoms with E-state index in [-0.39, 0.29) is 0 Å². The zero-order valence-corrected chi connectivity index (χ0v) is 11.9. The number of carboxylic acids is 1. The van der Waals surface area contributed by atoms with Crippen molar-refractivity contribution in [1.82, 2.24) is 0 Å². The van der Waals surface area contributed by atoms with Crippen LogP contribution in [0, 0.1) is 5.92 Å². The molecule has 0 bridgehead atoms. The van der Waals surface area contributed by atoms with Gasteiger partial charge in [0.2, 0.25) is 0 Å². The highest BCUT2D eigenvalue weighted by atomic mass is 79.9. The first-order valence-corrected chi connectivity index (χ1v) is 6.82. The van der Waals surface area contributed by atoms with Gasteiger partial charge in [0, 0.05) is 4.47 Å². The quantitative estimate of drug-likeness (QED) is 0.843. The third-order valence-electron chi connectivity index (χ3n) is 3.00. The molecule has 1 N–H and O–H groups in total. The van der Waals surface area contributed by atoms with E-state index < -0.39 is 11.9 Å². The number of hydrogen-bond acceptors (Lipinski definition) is 1. The molecule has 0 spiro atoms. The van der Waals surface area contributed by atoms with Crippen LogP contribution >= 0.6 is 15.9 Å². The zero-order valence-electron chi connectivity index (χ0n) is 10.3. The van der Waals surface area contributed by atoms with Gasteiger partial charge in [0.25, 0.3) is 0 Å². The molecular formula is C14H19BrO2. The van der Waals surface area contributed by atoms with Crippen molar-refractivity contribution >= 4 is 21.9 Å². The van der Waals surface area contributed by atoms with Crippen molar-refractivity contribution in [3.05, 3.63) is 34.3 Å². The molecule has 1 rings (SSSR count). The van der Waals surface area contributed by atoms with Crippen LogP contribution in [0.25, 0.3) is 0 Å². The largest absolute Gasteiger partial charge is 0.481 e. The van der Waals surface area contributed by atoms with Gasteiger partial charge in [0.1, 0.15) is 0 Å². The van der Waals surface area contributed by atoms with Crippen LogP contribution in [0.4, 0.5) is 0 Å². The fourth-order valence-electron chi connectivity index (χ4n) is 2.13. The maximum atomic E-state index is 11.4. The standard InChI is InChI=1S/C14H19BrO2/c1-3-6-10(2)9-12(14(16)17)11-7-4-5-8-13(11)15/h4-5,7-8,10,12H,3,6,9H2,1-2H3,(H,16,17). The van der Waals surface area contributed by atoms with Gasteiger partial charge in [-0.05, 0) is 24.0 Å². The fourth-order valence-corrected chi connectivity index (χ4v) is 2.69. The molecule has 0 aromatic heterocycles. The van der Waals surface area contributed by atoms with Gasteiger partial charge in [-0.1, -0.05) is 60.8 Å². The summed E-state index contributed by atoms with van der Waals surface area (Å²) in [5, 5.41) is 9.35. The molecule has 94 valence electrons. The molecule has 1 aromatic rings. The molecule has 0 aliphatic heterocycles. The topological polar surface area (TPSA) is 37.3 Å². The first-order chi connectivity index (χ1) is 8.06. The van der Waals surface area contributed by atoms with Gasteiger partial charge in [-0.3, -0.25) is 4.79 Å². The SMILES string of the molecule is CCCC(C)CC(C(=O)O)c1ccccc1Br. The van der Waals surface area contributed by atoms with Gasteiger partial charge in [-0.25, -0.2) is 0 Å². The molecule has 0 heterocycles. The minimum atomic E-state index is -0.736. The summed E-state index contributed by atoms with van der Waals surface area (Å²) in [5.41, 5.74) is 0.878. The van der Waals surface area contributed by atoms with Gasteiger partial charge < -0.3 is 5.11 Å². The van der Waals surface area contributed by atoms with E-state index in [2.05, 4.69) is 29.8 Å². The Morgan fingerprint density at radius 3 is 2.59 bits per heavy atom. The lowest BCUT2D eigenvalue weighted by atomic mass is 9.88. The van der Waals surface area contributed by atoms with Crippen LogP contribution in [0.1, 0.15) is 44.6 Å². The van der Waals surface area contributed by atoms with Crippen LogP contribution in [0.15, 0.2) is 28.7 Å². The van der Waals surface area contributed by atoms with E-state index in [0.29, 0.717) is 12.3 Å². The van der Waals surface area contributed by atoms with Gasteiger partial charge >= 0.3 is 5.97 Å². The number of benzene rings is 1. The lowest BCUT2D eigenvalue weighted by Crippen LogP contribution is -2.15. The molecule has 0 aliphatic rings. The summed E-state index contributed by atoms with van der Waals surface area (Å²) in [6.45, 7) is 4.25. The van der Waals surface area contributed by atoms with Crippen LogP contribution in [0.5, 0.6) is 0 Å². The number of halogens is 1. The first kappa shape index (κ1) is 14.2. The van der Waals surface area contributed by atoms with Crippen LogP contribution in [0.3, 0.4) is 0 Å². The van der Waals surface area contributed by atoms with Crippen LogP contribution in [-0.4, -0.2) is 11.1 Å². The van der Waals surface area contributed by atoms with Crippen molar-refractivity contribution in [2.24, 2.45) is 5.92 Å². The minimum absolute atomic E-state index is 0.410. The summed E-state index contributed by atoms with van der Waals surface area (Å²) in [6.07, 6.45) is 2.88. The molecule has 0 aliphatic carbocycles. The Balaban J connectivity index is 2.87. The highest BCUT2D eigenvalue weighted by molar-refractivity contribution is 9.10. The molecule has 2 atom stereocenters. The zero-order chi connectivity index (χ0) is 12.8. The second-order valence-corrected chi connectivity index (χ2v) is 5.40. The molecule has 2 unspecified atom stereocenters. The third kappa shape index (κ3) is 4.15. The van der Waals surface area contributed by atoms with E-state index in [1.165, 1.54) is 0 Å². The number of aliphatic carboxylic acids is 1. The lowest BCUT2D eigenvalue weighted by Gasteiger charge is -2.18. The molecule has 0 fully saturated rings. The van der Waals surface area contributed by atoms with Crippen molar-refractivity contribution in [2.45, 2.75) is 39.0 Å². The monoisotopic (exact) mass is 298 g/mol. The molecule has 17 heavy (non-hydrogen) atoms. The molecule has 0 saturated heterocycles. The summed E-state index contributed by atoms with van der Waals surface area (Å²) in [6, 6.07) is 7.58. The minimum Gasteiger partial charge on any atom is -0.481 e. The average molecular weight is 299 g/mol. The predicted octanol–water partition coefficient (Wildman–Crippen LogP) is 4.44. The number of carboxylic acid groups (broad SMARTS) is 1. The van der Waals surface area contributed by atoms with Crippen molar-refractivity contribution in [3.8, 4) is 0 Å². The summed E-state index contributed by atoms with van der Waals surface area (Å²) in [7, 11) is 0. The van der Waals surface area contributed by atoms with Crippen LogP contribution in [-0.2, 0) is 4.79 Å². The van der Waals surface area contributed by atoms with Crippen molar-refractivity contribution in [1.29, 1.82) is 0 Å². The highest BCUT2D eigenvalue weighted by Gasteiger charge is 2.23. The summed E-state index contributed by atoms with van der Waals surface area (Å²) in [4.78, 5) is 11.4. The Kier molecular flexibility index (Phi) is 5.69. The molecule has 0 amide bonds. The molecule has 2 nitrogen and oxygen atoms in total. The number of carbonyl (C=O) groups is 1. The lowest BCUT2D eigenvalue weighted by molar-refractivity contribution is -0.139. The molecule has 3 heteroatoms. The van der Waals surface area contributed by atoms with Crippen molar-refractivity contribution in [2.75, 3.05) is 0 Å². The normalized spacial score (nSPS) is 14.3. The van der Waals surface area contributed by atoms with E-state index in [0.717, 1.165) is 22.9 Å². The van der Waals surface area contributed by atoms with E-state index in [4.69, 9.17) is 0 Å². The number of rotatable bonds is 6. The van der Waals surface area contributed by atoms with E-state index in [9.17, 15) is 9.90 Å². The second kappa shape index (κ2) is 6.80. The average Bonchev–Trinajstić information content (AvgIpc) is 2.27. The van der Waals surface area contributed by atoms with Gasteiger partial charge in [0.15, 0.2) is 0 Å². The summed E-state index contributed by atoms with van der Waals surface area (Å²) in [5.74, 6) is -0.708. The van der Waals surface area contributed by atoms with Crippen molar-refractivity contribution in [3.63, 3.8) is 0 Å². The predicted molar refractivity (Wildman–Crippen MR) is 73.2 cm³/mol. The number of hydrogen-bond donors (Lipinski definition) is 1. The molecule has 0 radical (unpaired) electrons. The Bertz CT molecular complexity index is 376. The van der Waals surface area contributed by atoms with E-state index in [1.54, 1.807) is 0 Å². The maximum Gasteiger partial charge on any atom is 0.311 e. The van der Waals surface area contributed by atoms with E-state index >= 15 is 0 Å². The van der Waals surface area contributed by atoms with Crippen LogP contribution in [0.2, 0.25) is 0 Å². The maximum absolute atomic E-state index is 11.4. The van der Waals surface area contributed by atoms with Gasteiger partial charge in [0.05, 0.1) is 5.92 Å². The molecule has 0 saturated carbocycles. The van der Waals surface area contributed by atoms with Gasteiger partial charge in [-0.2, -0.15) is 0 Å². The van der Waals surface area contributed by atoms with Crippen LogP contribution < -0.4 is 0 Å². The highest BCUT2D eigenvalue weighted by Crippen LogP contribution is 2.31. The van der Waals surface area contributed by atoms with Crippen molar-refractivity contribution < 1.29 is 9.90 Å². The molecular weight excluding hydrogens is 280 g/mol. The second-order valence-electron chi connectivity index (χ2n) is 4.54. The summed E-state index contributed by atoms with van der Waals surface area (Å²) < 4.78 is 0.885. The smallest absolute Gasteiger partial charge is 0.311 e. The Morgan fingerprint density at radius 2 is 2.06 bits per heavy atom. The third-order valence-corrected chi connectivity index (χ3v) is 3.72. The van der Waals surface area contributed by atoms with Gasteiger partial charge in [-0.15, -0.1) is 0 Å². The molecule has 1 aromatic carbocycles. The Hall–Kier alpha value is -0.830. The Morgan fingerprint density at radius 1 is 1.41 bits per heavy atom. The first-order valence-electron chi connectivity index (χ1n) is 6.03. The fraction of sp³-hybridized carbons (Fsp3) is 0.500. The van der Waals surface area contributed by atoms with E-state index in [1.807, 2.05) is 24.3 Å².